The van der Waals surface area contributed by atoms with Gasteiger partial charge < -0.3 is 15.2 Å². The highest BCUT2D eigenvalue weighted by molar-refractivity contribution is 9.10. The van der Waals surface area contributed by atoms with Gasteiger partial charge in [-0.05, 0) is 84.4 Å². The number of aryl methyl sites for hydroxylation is 2. The maximum absolute atomic E-state index is 13.0. The molecule has 0 unspecified atom stereocenters. The lowest BCUT2D eigenvalue weighted by Gasteiger charge is -2.21. The summed E-state index contributed by atoms with van der Waals surface area (Å²) in [4.78, 5) is 25.7. The van der Waals surface area contributed by atoms with Crippen molar-refractivity contribution in [2.45, 2.75) is 58.8 Å². The van der Waals surface area contributed by atoms with Crippen LogP contribution in [0.3, 0.4) is 0 Å². The first-order chi connectivity index (χ1) is 17.1. The third-order valence-corrected chi connectivity index (χ3v) is 7.65. The molecule has 0 aliphatic heterocycles. The number of aromatic nitrogens is 3. The third-order valence-electron chi connectivity index (χ3n) is 5.69. The minimum Gasteiger partial charge on any atom is -0.342 e. The van der Waals surface area contributed by atoms with E-state index in [4.69, 9.17) is 11.6 Å². The first-order valence-electron chi connectivity index (χ1n) is 11.8. The summed E-state index contributed by atoms with van der Waals surface area (Å²) < 4.78 is 2.79. The van der Waals surface area contributed by atoms with E-state index in [-0.39, 0.29) is 23.6 Å². The lowest BCUT2D eigenvalue weighted by atomic mass is 10.0. The number of hydrogen-bond acceptors (Lipinski definition) is 5. The molecule has 2 N–H and O–H groups in total. The second-order valence-corrected chi connectivity index (χ2v) is 11.2. The zero-order valence-electron chi connectivity index (χ0n) is 21.1. The average Bonchev–Trinajstić information content (AvgIpc) is 3.23. The van der Waals surface area contributed by atoms with Crippen molar-refractivity contribution in [3.05, 3.63) is 68.4 Å². The van der Waals surface area contributed by atoms with Crippen LogP contribution in [0.5, 0.6) is 0 Å². The molecular formula is C26H31BrClN5O2S. The molecule has 2 amide bonds. The zero-order valence-corrected chi connectivity index (χ0v) is 24.2. The molecule has 3 rings (SSSR count). The van der Waals surface area contributed by atoms with E-state index in [1.165, 1.54) is 11.8 Å². The monoisotopic (exact) mass is 591 g/mol. The molecule has 1 aromatic heterocycles. The zero-order chi connectivity index (χ0) is 26.4. The number of halogens is 2. The second-order valence-electron chi connectivity index (χ2n) is 8.97. The SMILES string of the molecule is CCn1c(SCC(=O)Nc2cc(C)c(C)cc2Br)nnc1[C@@H](CC(C)C)NC(=O)c1ccccc1Cl. The van der Waals surface area contributed by atoms with E-state index in [0.29, 0.717) is 40.5 Å². The summed E-state index contributed by atoms with van der Waals surface area (Å²) in [6.07, 6.45) is 0.681. The van der Waals surface area contributed by atoms with Crippen LogP contribution < -0.4 is 10.6 Å². The maximum atomic E-state index is 13.0. The summed E-state index contributed by atoms with van der Waals surface area (Å²) in [6.45, 7) is 10.8. The molecule has 36 heavy (non-hydrogen) atoms. The quantitative estimate of drug-likeness (QED) is 0.260. The summed E-state index contributed by atoms with van der Waals surface area (Å²) in [5.41, 5.74) is 3.40. The number of amides is 2. The fraction of sp³-hybridized carbons (Fsp3) is 0.385. The van der Waals surface area contributed by atoms with Gasteiger partial charge in [-0.15, -0.1) is 10.2 Å². The molecule has 1 heterocycles. The van der Waals surface area contributed by atoms with Gasteiger partial charge in [0.15, 0.2) is 11.0 Å². The maximum Gasteiger partial charge on any atom is 0.253 e. The summed E-state index contributed by atoms with van der Waals surface area (Å²) in [5, 5.41) is 15.8. The number of anilines is 1. The Labute approximate surface area is 229 Å². The Bertz CT molecular complexity index is 1250. The van der Waals surface area contributed by atoms with Crippen LogP contribution in [-0.2, 0) is 11.3 Å². The standard InChI is InChI=1S/C26H31BrClN5O2S/c1-6-33-24(22(11-15(2)3)30-25(35)18-9-7-8-10-20(18)28)31-32-26(33)36-14-23(34)29-21-13-17(5)16(4)12-19(21)27/h7-10,12-13,15,22H,6,11,14H2,1-5H3,(H,29,34)(H,30,35)/t22-/m1/s1. The van der Waals surface area contributed by atoms with Gasteiger partial charge in [-0.1, -0.05) is 49.3 Å². The molecule has 0 bridgehead atoms. The minimum atomic E-state index is -0.351. The molecule has 0 aliphatic rings. The Hall–Kier alpha value is -2.36. The third kappa shape index (κ3) is 7.11. The number of benzene rings is 2. The number of nitrogens with zero attached hydrogens (tertiary/aromatic N) is 3. The molecule has 3 aromatic rings. The molecule has 0 saturated heterocycles. The normalized spacial score (nSPS) is 12.0. The van der Waals surface area contributed by atoms with E-state index in [0.717, 1.165) is 21.3 Å². The second kappa shape index (κ2) is 12.7. The molecule has 0 fully saturated rings. The van der Waals surface area contributed by atoms with Gasteiger partial charge in [-0.25, -0.2) is 0 Å². The van der Waals surface area contributed by atoms with Crippen LogP contribution in [0.25, 0.3) is 0 Å². The number of thioether (sulfide) groups is 1. The molecule has 0 spiro atoms. The number of hydrogen-bond donors (Lipinski definition) is 2. The summed E-state index contributed by atoms with van der Waals surface area (Å²) in [6, 6.07) is 10.5. The van der Waals surface area contributed by atoms with Crippen molar-refractivity contribution in [2.75, 3.05) is 11.1 Å². The largest absolute Gasteiger partial charge is 0.342 e. The first kappa shape index (κ1) is 28.2. The van der Waals surface area contributed by atoms with Crippen molar-refractivity contribution >= 4 is 56.8 Å². The Kier molecular flexibility index (Phi) is 9.99. The number of carbonyl (C=O) groups is 2. The van der Waals surface area contributed by atoms with Crippen molar-refractivity contribution in [3.63, 3.8) is 0 Å². The van der Waals surface area contributed by atoms with E-state index in [1.54, 1.807) is 24.3 Å². The predicted molar refractivity (Wildman–Crippen MR) is 150 cm³/mol. The predicted octanol–water partition coefficient (Wildman–Crippen LogP) is 6.58. The van der Waals surface area contributed by atoms with Crippen molar-refractivity contribution in [1.29, 1.82) is 0 Å². The van der Waals surface area contributed by atoms with Crippen LogP contribution in [0.2, 0.25) is 5.02 Å². The molecule has 0 radical (unpaired) electrons. The number of carbonyl (C=O) groups excluding carboxylic acids is 2. The highest BCUT2D eigenvalue weighted by Gasteiger charge is 2.25. The van der Waals surface area contributed by atoms with Crippen LogP contribution >= 0.6 is 39.3 Å². The van der Waals surface area contributed by atoms with E-state index < -0.39 is 0 Å². The van der Waals surface area contributed by atoms with Crippen LogP contribution in [0.4, 0.5) is 5.69 Å². The summed E-state index contributed by atoms with van der Waals surface area (Å²) in [5.74, 6) is 0.748. The first-order valence-corrected chi connectivity index (χ1v) is 13.9. The fourth-order valence-corrected chi connectivity index (χ4v) is 5.32. The highest BCUT2D eigenvalue weighted by atomic mass is 79.9. The molecule has 1 atom stereocenters. The Morgan fingerprint density at radius 2 is 1.83 bits per heavy atom. The molecule has 0 saturated carbocycles. The van der Waals surface area contributed by atoms with Crippen LogP contribution in [-0.4, -0.2) is 32.3 Å². The molecular weight excluding hydrogens is 562 g/mol. The van der Waals surface area contributed by atoms with Gasteiger partial charge in [-0.2, -0.15) is 0 Å². The van der Waals surface area contributed by atoms with Gasteiger partial charge in [0.05, 0.1) is 28.1 Å². The summed E-state index contributed by atoms with van der Waals surface area (Å²) >= 11 is 11.1. The summed E-state index contributed by atoms with van der Waals surface area (Å²) in [7, 11) is 0. The fourth-order valence-electron chi connectivity index (χ4n) is 3.74. The smallest absolute Gasteiger partial charge is 0.253 e. The van der Waals surface area contributed by atoms with E-state index >= 15 is 0 Å². The van der Waals surface area contributed by atoms with Gasteiger partial charge in [0, 0.05) is 11.0 Å². The van der Waals surface area contributed by atoms with Gasteiger partial charge in [-0.3, -0.25) is 9.59 Å². The van der Waals surface area contributed by atoms with Crippen LogP contribution in [0.15, 0.2) is 46.0 Å². The molecule has 192 valence electrons. The lowest BCUT2D eigenvalue weighted by Crippen LogP contribution is -2.31. The number of rotatable bonds is 10. The Morgan fingerprint density at radius 3 is 2.50 bits per heavy atom. The van der Waals surface area contributed by atoms with E-state index in [9.17, 15) is 9.59 Å². The Morgan fingerprint density at radius 1 is 1.14 bits per heavy atom. The van der Waals surface area contributed by atoms with Crippen molar-refractivity contribution < 1.29 is 9.59 Å². The molecule has 10 heteroatoms. The van der Waals surface area contributed by atoms with Gasteiger partial charge in [0.25, 0.3) is 5.91 Å². The van der Waals surface area contributed by atoms with Gasteiger partial charge in [0.1, 0.15) is 0 Å². The van der Waals surface area contributed by atoms with Gasteiger partial charge in [0.2, 0.25) is 5.91 Å². The van der Waals surface area contributed by atoms with Crippen molar-refractivity contribution in [1.82, 2.24) is 20.1 Å². The van der Waals surface area contributed by atoms with Crippen LogP contribution in [0, 0.1) is 19.8 Å². The van der Waals surface area contributed by atoms with E-state index in [1.807, 2.05) is 37.5 Å². The topological polar surface area (TPSA) is 88.9 Å². The molecule has 0 aliphatic carbocycles. The molecule has 2 aromatic carbocycles. The minimum absolute atomic E-state index is 0.137. The Balaban J connectivity index is 1.75. The number of nitrogens with one attached hydrogen (secondary N) is 2. The van der Waals surface area contributed by atoms with Crippen molar-refractivity contribution in [2.24, 2.45) is 5.92 Å². The molecule has 7 nitrogen and oxygen atoms in total. The van der Waals surface area contributed by atoms with E-state index in [2.05, 4.69) is 50.6 Å². The highest BCUT2D eigenvalue weighted by Crippen LogP contribution is 2.28. The van der Waals surface area contributed by atoms with Gasteiger partial charge >= 0.3 is 0 Å². The van der Waals surface area contributed by atoms with Crippen molar-refractivity contribution in [3.8, 4) is 0 Å². The lowest BCUT2D eigenvalue weighted by molar-refractivity contribution is -0.113. The van der Waals surface area contributed by atoms with Crippen LogP contribution in [0.1, 0.15) is 60.5 Å². The average molecular weight is 593 g/mol.